The molecule has 15 heavy (non-hydrogen) atoms. The zero-order chi connectivity index (χ0) is 12.4. The first-order valence-corrected chi connectivity index (χ1v) is 4.83. The number of carboxylic acids is 1. The summed E-state index contributed by atoms with van der Waals surface area (Å²) in [5.41, 5.74) is 9.63. The predicted molar refractivity (Wildman–Crippen MR) is 58.1 cm³/mol. The summed E-state index contributed by atoms with van der Waals surface area (Å²) in [6.07, 6.45) is 1.06. The molecule has 0 aliphatic rings. The maximum absolute atomic E-state index is 10.3. The molecule has 0 saturated carbocycles. The van der Waals surface area contributed by atoms with Crippen molar-refractivity contribution in [1.29, 1.82) is 0 Å². The first-order chi connectivity index (χ1) is 6.81. The highest BCUT2D eigenvalue weighted by Gasteiger charge is 2.11. The van der Waals surface area contributed by atoms with E-state index < -0.39 is 17.9 Å². The number of nitrogens with two attached hydrogens (primary N) is 2. The quantitative estimate of drug-likeness (QED) is 0.554. The SMILES string of the molecule is C=CC(N)=O.CC(=O)SC[C@H](N)C(=O)O. The van der Waals surface area contributed by atoms with Gasteiger partial charge in [0.05, 0.1) is 0 Å². The summed E-state index contributed by atoms with van der Waals surface area (Å²) in [5.74, 6) is -1.41. The normalized spacial score (nSPS) is 10.5. The maximum atomic E-state index is 10.3. The number of hydrogen-bond acceptors (Lipinski definition) is 5. The van der Waals surface area contributed by atoms with Gasteiger partial charge in [0, 0.05) is 12.7 Å². The number of hydrogen-bond donors (Lipinski definition) is 3. The van der Waals surface area contributed by atoms with Crippen LogP contribution >= 0.6 is 11.8 Å². The molecule has 0 aromatic rings. The van der Waals surface area contributed by atoms with E-state index >= 15 is 0 Å². The van der Waals surface area contributed by atoms with Crippen LogP contribution in [-0.4, -0.2) is 33.9 Å². The van der Waals surface area contributed by atoms with Gasteiger partial charge < -0.3 is 16.6 Å². The molecule has 86 valence electrons. The Kier molecular flexibility index (Phi) is 9.90. The lowest BCUT2D eigenvalue weighted by atomic mass is 10.4. The number of aliphatic carboxylic acids is 1. The van der Waals surface area contributed by atoms with E-state index in [1.54, 1.807) is 0 Å². The molecule has 0 rings (SSSR count). The highest BCUT2D eigenvalue weighted by molar-refractivity contribution is 8.13. The summed E-state index contributed by atoms with van der Waals surface area (Å²) >= 11 is 0.923. The van der Waals surface area contributed by atoms with Crippen LogP contribution in [0, 0.1) is 0 Å². The Morgan fingerprint density at radius 3 is 2.13 bits per heavy atom. The van der Waals surface area contributed by atoms with Gasteiger partial charge in [-0.2, -0.15) is 0 Å². The van der Waals surface area contributed by atoms with Crippen molar-refractivity contribution in [2.24, 2.45) is 11.5 Å². The van der Waals surface area contributed by atoms with Crippen LogP contribution in [0.1, 0.15) is 6.92 Å². The van der Waals surface area contributed by atoms with Crippen molar-refractivity contribution in [2.45, 2.75) is 13.0 Å². The van der Waals surface area contributed by atoms with Gasteiger partial charge in [0.2, 0.25) is 5.91 Å². The van der Waals surface area contributed by atoms with Crippen LogP contribution in [-0.2, 0) is 14.4 Å². The van der Waals surface area contributed by atoms with E-state index in [0.29, 0.717) is 0 Å². The van der Waals surface area contributed by atoms with Gasteiger partial charge in [-0.25, -0.2) is 0 Å². The average molecular weight is 234 g/mol. The first kappa shape index (κ1) is 16.1. The van der Waals surface area contributed by atoms with Gasteiger partial charge in [-0.05, 0) is 6.08 Å². The maximum Gasteiger partial charge on any atom is 0.321 e. The predicted octanol–water partition coefficient (Wildman–Crippen LogP) is -0.664. The molecule has 7 heteroatoms. The molecule has 1 amide bonds. The zero-order valence-corrected chi connectivity index (χ0v) is 9.12. The zero-order valence-electron chi connectivity index (χ0n) is 8.30. The van der Waals surface area contributed by atoms with Gasteiger partial charge in [-0.15, -0.1) is 0 Å². The highest BCUT2D eigenvalue weighted by atomic mass is 32.2. The second kappa shape index (κ2) is 9.22. The second-order valence-electron chi connectivity index (χ2n) is 2.35. The number of carboxylic acid groups (broad SMARTS) is 1. The van der Waals surface area contributed by atoms with Crippen LogP contribution in [0.5, 0.6) is 0 Å². The number of primary amides is 1. The molecule has 0 bridgehead atoms. The van der Waals surface area contributed by atoms with Gasteiger partial charge >= 0.3 is 5.97 Å². The van der Waals surface area contributed by atoms with Crippen molar-refractivity contribution in [3.63, 3.8) is 0 Å². The number of amides is 1. The van der Waals surface area contributed by atoms with Crippen LogP contribution in [0.25, 0.3) is 0 Å². The molecule has 0 saturated heterocycles. The van der Waals surface area contributed by atoms with Crippen molar-refractivity contribution in [1.82, 2.24) is 0 Å². The lowest BCUT2D eigenvalue weighted by molar-refractivity contribution is -0.137. The van der Waals surface area contributed by atoms with E-state index in [4.69, 9.17) is 10.8 Å². The molecule has 0 radical (unpaired) electrons. The summed E-state index contributed by atoms with van der Waals surface area (Å²) in [5, 5.41) is 8.13. The minimum absolute atomic E-state index is 0.114. The molecular weight excluding hydrogens is 220 g/mol. The van der Waals surface area contributed by atoms with E-state index in [2.05, 4.69) is 12.3 Å². The molecule has 1 atom stereocenters. The molecule has 0 heterocycles. The number of carbonyl (C=O) groups is 3. The Labute approximate surface area is 91.7 Å². The molecule has 0 spiro atoms. The standard InChI is InChI=1S/C5H9NO3S.C3H5NO/c1-3(7)10-2-4(6)5(8)9;1-2-3(4)5/h4H,2,6H2,1H3,(H,8,9);2H,1H2,(H2,4,5)/t4-;/m0./s1. The van der Waals surface area contributed by atoms with E-state index in [-0.39, 0.29) is 10.9 Å². The molecular formula is C8H14N2O4S. The van der Waals surface area contributed by atoms with Crippen LogP contribution in [0.4, 0.5) is 0 Å². The summed E-state index contributed by atoms with van der Waals surface area (Å²) in [6, 6.07) is -0.936. The van der Waals surface area contributed by atoms with Gasteiger partial charge in [0.25, 0.3) is 0 Å². The molecule has 0 aliphatic carbocycles. The lowest BCUT2D eigenvalue weighted by Crippen LogP contribution is -2.32. The van der Waals surface area contributed by atoms with Crippen LogP contribution < -0.4 is 11.5 Å². The average Bonchev–Trinajstić information content (AvgIpc) is 2.14. The second-order valence-corrected chi connectivity index (χ2v) is 3.55. The van der Waals surface area contributed by atoms with E-state index in [9.17, 15) is 14.4 Å². The van der Waals surface area contributed by atoms with Crippen LogP contribution in [0.2, 0.25) is 0 Å². The van der Waals surface area contributed by atoms with Crippen molar-refractivity contribution in [3.05, 3.63) is 12.7 Å². The lowest BCUT2D eigenvalue weighted by Gasteiger charge is -2.01. The minimum Gasteiger partial charge on any atom is -0.480 e. The molecule has 0 aromatic heterocycles. The third kappa shape index (κ3) is 15.4. The van der Waals surface area contributed by atoms with E-state index in [1.807, 2.05) is 0 Å². The first-order valence-electron chi connectivity index (χ1n) is 3.84. The Morgan fingerprint density at radius 2 is 1.93 bits per heavy atom. The fraction of sp³-hybridized carbons (Fsp3) is 0.375. The van der Waals surface area contributed by atoms with Gasteiger partial charge in [-0.1, -0.05) is 18.3 Å². The Hall–Kier alpha value is -1.34. The molecule has 5 N–H and O–H groups in total. The summed E-state index contributed by atoms with van der Waals surface area (Å²) in [6.45, 7) is 4.46. The molecule has 0 unspecified atom stereocenters. The van der Waals surface area contributed by atoms with Crippen molar-refractivity contribution >= 4 is 28.8 Å². The number of rotatable bonds is 4. The van der Waals surface area contributed by atoms with E-state index in [0.717, 1.165) is 17.8 Å². The third-order valence-electron chi connectivity index (χ3n) is 0.985. The van der Waals surface area contributed by atoms with E-state index in [1.165, 1.54) is 6.92 Å². The van der Waals surface area contributed by atoms with Gasteiger partial charge in [0.1, 0.15) is 6.04 Å². The largest absolute Gasteiger partial charge is 0.480 e. The highest BCUT2D eigenvalue weighted by Crippen LogP contribution is 2.01. The fourth-order valence-electron chi connectivity index (χ4n) is 0.278. The van der Waals surface area contributed by atoms with Crippen LogP contribution in [0.15, 0.2) is 12.7 Å². The van der Waals surface area contributed by atoms with Crippen molar-refractivity contribution < 1.29 is 19.5 Å². The number of carbonyl (C=O) groups excluding carboxylic acids is 2. The Balaban J connectivity index is 0. The number of thioether (sulfide) groups is 1. The molecule has 0 aliphatic heterocycles. The monoisotopic (exact) mass is 234 g/mol. The molecule has 6 nitrogen and oxygen atoms in total. The summed E-state index contributed by atoms with van der Waals surface area (Å²) in [4.78, 5) is 29.8. The minimum atomic E-state index is -1.08. The Morgan fingerprint density at radius 1 is 1.53 bits per heavy atom. The summed E-state index contributed by atoms with van der Waals surface area (Å²) < 4.78 is 0. The smallest absolute Gasteiger partial charge is 0.321 e. The molecule has 0 aromatic carbocycles. The topological polar surface area (TPSA) is 123 Å². The summed E-state index contributed by atoms with van der Waals surface area (Å²) in [7, 11) is 0. The molecule has 0 fully saturated rings. The fourth-order valence-corrected chi connectivity index (χ4v) is 0.835. The van der Waals surface area contributed by atoms with Crippen molar-refractivity contribution in [2.75, 3.05) is 5.75 Å². The van der Waals surface area contributed by atoms with Crippen molar-refractivity contribution in [3.8, 4) is 0 Å². The van der Waals surface area contributed by atoms with Gasteiger partial charge in [-0.3, -0.25) is 14.4 Å². The third-order valence-corrected chi connectivity index (χ3v) is 1.92. The van der Waals surface area contributed by atoms with Crippen LogP contribution in [0.3, 0.4) is 0 Å². The Bertz CT molecular complexity index is 255. The van der Waals surface area contributed by atoms with Gasteiger partial charge in [0.15, 0.2) is 5.12 Å².